The summed E-state index contributed by atoms with van der Waals surface area (Å²) in [4.78, 5) is 26.8. The Morgan fingerprint density at radius 2 is 1.81 bits per heavy atom. The quantitative estimate of drug-likeness (QED) is 0.607. The Kier molecular flexibility index (Phi) is 6.96. The van der Waals surface area contributed by atoms with Gasteiger partial charge >= 0.3 is 12.2 Å². The number of hydrogen-bond donors (Lipinski definition) is 2. The molecule has 2 N–H and O–H groups in total. The number of anilines is 1. The SMILES string of the molecule is Cc1ccc2c(c1)[C@@H]1[C@@H](CCN1C(=O)OC(C)(C)C)[C@@H](CCCNC(=O)OC(C)(C)C)N2. The number of rotatable bonds is 4. The molecule has 3 rings (SSSR count). The number of carbonyl (C=O) groups excluding carboxylic acids is 2. The standard InChI is InChI=1S/C25H39N3O4/c1-16-10-11-20-18(15-16)21-17(12-14-28(21)23(30)32-25(5,6)7)19(27-20)9-8-13-26-22(29)31-24(2,3)4/h10-11,15,17,19,21,27H,8-9,12-14H2,1-7H3,(H,26,29)/t17-,19+,21-/m0/s1. The third kappa shape index (κ3) is 6.08. The number of amides is 2. The number of benzene rings is 1. The molecule has 0 unspecified atom stereocenters. The second-order valence-corrected chi connectivity index (χ2v) is 11.0. The second-order valence-electron chi connectivity index (χ2n) is 11.0. The van der Waals surface area contributed by atoms with Gasteiger partial charge in [-0.2, -0.15) is 0 Å². The molecule has 2 aliphatic rings. The lowest BCUT2D eigenvalue weighted by Gasteiger charge is -2.40. The molecule has 7 heteroatoms. The van der Waals surface area contributed by atoms with E-state index in [0.717, 1.165) is 24.9 Å². The van der Waals surface area contributed by atoms with E-state index in [2.05, 4.69) is 35.8 Å². The third-order valence-corrected chi connectivity index (χ3v) is 5.82. The van der Waals surface area contributed by atoms with Crippen molar-refractivity contribution in [3.63, 3.8) is 0 Å². The van der Waals surface area contributed by atoms with E-state index in [1.165, 1.54) is 11.1 Å². The van der Waals surface area contributed by atoms with Gasteiger partial charge in [0.1, 0.15) is 11.2 Å². The molecule has 1 aromatic rings. The maximum Gasteiger partial charge on any atom is 0.410 e. The Balaban J connectivity index is 1.69. The third-order valence-electron chi connectivity index (χ3n) is 5.82. The lowest BCUT2D eigenvalue weighted by molar-refractivity contribution is 0.0197. The molecule has 7 nitrogen and oxygen atoms in total. The van der Waals surface area contributed by atoms with Crippen molar-refractivity contribution in [2.75, 3.05) is 18.4 Å². The average Bonchev–Trinajstić information content (AvgIpc) is 3.08. The van der Waals surface area contributed by atoms with Gasteiger partial charge in [0.05, 0.1) is 6.04 Å². The van der Waals surface area contributed by atoms with E-state index >= 15 is 0 Å². The van der Waals surface area contributed by atoms with Gasteiger partial charge in [0.15, 0.2) is 0 Å². The summed E-state index contributed by atoms with van der Waals surface area (Å²) in [7, 11) is 0. The van der Waals surface area contributed by atoms with Gasteiger partial charge in [-0.3, -0.25) is 0 Å². The van der Waals surface area contributed by atoms with Crippen LogP contribution in [-0.2, 0) is 9.47 Å². The molecular weight excluding hydrogens is 406 g/mol. The first-order valence-electron chi connectivity index (χ1n) is 11.7. The molecule has 2 aliphatic heterocycles. The number of aryl methyl sites for hydroxylation is 1. The monoisotopic (exact) mass is 445 g/mol. The molecular formula is C25H39N3O4. The van der Waals surface area contributed by atoms with E-state index < -0.39 is 11.2 Å². The minimum Gasteiger partial charge on any atom is -0.444 e. The van der Waals surface area contributed by atoms with Gasteiger partial charge in [0.25, 0.3) is 0 Å². The topological polar surface area (TPSA) is 79.9 Å². The molecule has 0 saturated carbocycles. The van der Waals surface area contributed by atoms with Crippen molar-refractivity contribution >= 4 is 17.9 Å². The number of fused-ring (bicyclic) bond motifs is 3. The second kappa shape index (κ2) is 9.20. The van der Waals surface area contributed by atoms with Crippen molar-refractivity contribution in [2.24, 2.45) is 5.92 Å². The molecule has 0 bridgehead atoms. The van der Waals surface area contributed by atoms with Crippen LogP contribution in [-0.4, -0.2) is 47.4 Å². The van der Waals surface area contributed by atoms with Crippen molar-refractivity contribution in [1.82, 2.24) is 10.2 Å². The number of hydrogen-bond acceptors (Lipinski definition) is 5. The molecule has 0 aromatic heterocycles. The van der Waals surface area contributed by atoms with Gasteiger partial charge in [-0.25, -0.2) is 9.59 Å². The molecule has 1 saturated heterocycles. The Hall–Kier alpha value is -2.44. The largest absolute Gasteiger partial charge is 0.444 e. The molecule has 2 heterocycles. The van der Waals surface area contributed by atoms with Gasteiger partial charge in [0, 0.05) is 30.7 Å². The maximum absolute atomic E-state index is 13.0. The molecule has 2 amide bonds. The molecule has 32 heavy (non-hydrogen) atoms. The smallest absolute Gasteiger partial charge is 0.410 e. The zero-order valence-electron chi connectivity index (χ0n) is 20.6. The Labute approximate surface area is 192 Å². The van der Waals surface area contributed by atoms with Gasteiger partial charge in [-0.1, -0.05) is 17.7 Å². The number of likely N-dealkylation sites (tertiary alicyclic amines) is 1. The number of alkyl carbamates (subject to hydrolysis) is 1. The van der Waals surface area contributed by atoms with Crippen molar-refractivity contribution < 1.29 is 19.1 Å². The Morgan fingerprint density at radius 3 is 2.47 bits per heavy atom. The predicted molar refractivity (Wildman–Crippen MR) is 126 cm³/mol. The minimum atomic E-state index is -0.524. The van der Waals surface area contributed by atoms with E-state index in [0.29, 0.717) is 19.0 Å². The number of ether oxygens (including phenoxy) is 2. The highest BCUT2D eigenvalue weighted by atomic mass is 16.6. The summed E-state index contributed by atoms with van der Waals surface area (Å²) in [6, 6.07) is 6.62. The number of nitrogens with one attached hydrogen (secondary N) is 2. The predicted octanol–water partition coefficient (Wildman–Crippen LogP) is 5.39. The van der Waals surface area contributed by atoms with Crippen LogP contribution in [0.15, 0.2) is 18.2 Å². The van der Waals surface area contributed by atoms with Crippen LogP contribution in [0.4, 0.5) is 15.3 Å². The molecule has 1 aromatic carbocycles. The van der Waals surface area contributed by atoms with Crippen LogP contribution in [0, 0.1) is 12.8 Å². The highest BCUT2D eigenvalue weighted by Crippen LogP contribution is 2.47. The van der Waals surface area contributed by atoms with E-state index in [-0.39, 0.29) is 24.3 Å². The summed E-state index contributed by atoms with van der Waals surface area (Å²) >= 11 is 0. The zero-order chi connectivity index (χ0) is 23.7. The van der Waals surface area contributed by atoms with Gasteiger partial charge in [-0.05, 0) is 79.4 Å². The lowest BCUT2D eigenvalue weighted by Crippen LogP contribution is -2.43. The van der Waals surface area contributed by atoms with Crippen LogP contribution in [0.1, 0.15) is 78.0 Å². The fraction of sp³-hybridized carbons (Fsp3) is 0.680. The normalized spacial score (nSPS) is 22.5. The van der Waals surface area contributed by atoms with E-state index in [9.17, 15) is 9.59 Å². The zero-order valence-corrected chi connectivity index (χ0v) is 20.6. The molecule has 0 spiro atoms. The van der Waals surface area contributed by atoms with Crippen molar-refractivity contribution in [3.05, 3.63) is 29.3 Å². The molecule has 178 valence electrons. The first kappa shape index (κ1) is 24.2. The van der Waals surface area contributed by atoms with Gasteiger partial charge in [0.2, 0.25) is 0 Å². The number of carbonyl (C=O) groups is 2. The minimum absolute atomic E-state index is 0.00446. The van der Waals surface area contributed by atoms with Crippen molar-refractivity contribution in [3.8, 4) is 0 Å². The molecule has 0 aliphatic carbocycles. The lowest BCUT2D eigenvalue weighted by atomic mass is 9.81. The fourth-order valence-corrected chi connectivity index (χ4v) is 4.64. The summed E-state index contributed by atoms with van der Waals surface area (Å²) < 4.78 is 11.0. The van der Waals surface area contributed by atoms with Crippen LogP contribution < -0.4 is 10.6 Å². The van der Waals surface area contributed by atoms with Crippen LogP contribution >= 0.6 is 0 Å². The summed E-state index contributed by atoms with van der Waals surface area (Å²) in [5.74, 6) is 0.304. The summed E-state index contributed by atoms with van der Waals surface area (Å²) in [5.41, 5.74) is 2.41. The summed E-state index contributed by atoms with van der Waals surface area (Å²) in [5, 5.41) is 6.55. The Morgan fingerprint density at radius 1 is 1.12 bits per heavy atom. The highest BCUT2D eigenvalue weighted by molar-refractivity contribution is 5.71. The summed E-state index contributed by atoms with van der Waals surface area (Å²) in [6.45, 7) is 14.6. The van der Waals surface area contributed by atoms with Crippen LogP contribution in [0.2, 0.25) is 0 Å². The van der Waals surface area contributed by atoms with E-state index in [4.69, 9.17) is 9.47 Å². The van der Waals surface area contributed by atoms with E-state index in [1.54, 1.807) is 0 Å². The average molecular weight is 446 g/mol. The first-order valence-corrected chi connectivity index (χ1v) is 11.7. The van der Waals surface area contributed by atoms with Crippen molar-refractivity contribution in [2.45, 2.75) is 91.0 Å². The Bertz CT molecular complexity index is 841. The maximum atomic E-state index is 13.0. The molecule has 0 radical (unpaired) electrons. The number of nitrogens with zero attached hydrogens (tertiary/aromatic N) is 1. The highest BCUT2D eigenvalue weighted by Gasteiger charge is 2.46. The first-order chi connectivity index (χ1) is 14.8. The van der Waals surface area contributed by atoms with Crippen molar-refractivity contribution in [1.29, 1.82) is 0 Å². The van der Waals surface area contributed by atoms with Gasteiger partial charge < -0.3 is 25.0 Å². The van der Waals surface area contributed by atoms with Crippen LogP contribution in [0.3, 0.4) is 0 Å². The van der Waals surface area contributed by atoms with Crippen LogP contribution in [0.25, 0.3) is 0 Å². The molecule has 1 fully saturated rings. The van der Waals surface area contributed by atoms with E-state index in [1.807, 2.05) is 46.4 Å². The fourth-order valence-electron chi connectivity index (χ4n) is 4.64. The van der Waals surface area contributed by atoms with Crippen LogP contribution in [0.5, 0.6) is 0 Å². The molecule has 3 atom stereocenters. The summed E-state index contributed by atoms with van der Waals surface area (Å²) in [6.07, 6.45) is 2.02. The van der Waals surface area contributed by atoms with Gasteiger partial charge in [-0.15, -0.1) is 0 Å².